The third kappa shape index (κ3) is 1.92. The van der Waals surface area contributed by atoms with E-state index < -0.39 is 11.9 Å². The van der Waals surface area contributed by atoms with Gasteiger partial charge in [0, 0.05) is 0 Å². The molecule has 82 valence electrons. The molecule has 0 spiro atoms. The van der Waals surface area contributed by atoms with Gasteiger partial charge in [0.1, 0.15) is 12.0 Å². The number of carboxylic acid groups (broad SMARTS) is 1. The predicted molar refractivity (Wildman–Crippen MR) is 50.1 cm³/mol. The molecule has 0 aliphatic rings. The molecule has 0 bridgehead atoms. The fourth-order valence-corrected chi connectivity index (χ4v) is 1.03. The number of furan rings is 1. The molecule has 0 radical (unpaired) electrons. The van der Waals surface area contributed by atoms with Gasteiger partial charge in [0.05, 0.1) is 6.20 Å². The number of aromatic carboxylic acids is 1. The van der Waals surface area contributed by atoms with Crippen molar-refractivity contribution in [2.75, 3.05) is 5.32 Å². The van der Waals surface area contributed by atoms with E-state index in [1.54, 1.807) is 0 Å². The number of hydrogen-bond acceptors (Lipinski definition) is 5. The molecule has 7 nitrogen and oxygen atoms in total. The Balaban J connectivity index is 2.12. The van der Waals surface area contributed by atoms with Crippen LogP contribution < -0.4 is 5.32 Å². The van der Waals surface area contributed by atoms with Crippen molar-refractivity contribution in [3.05, 3.63) is 36.1 Å². The maximum atomic E-state index is 11.5. The van der Waals surface area contributed by atoms with E-state index in [9.17, 15) is 9.59 Å². The van der Waals surface area contributed by atoms with Gasteiger partial charge in [-0.3, -0.25) is 4.79 Å². The molecule has 0 saturated heterocycles. The second-order valence-electron chi connectivity index (χ2n) is 2.84. The molecule has 2 aromatic heterocycles. The van der Waals surface area contributed by atoms with Crippen LogP contribution in [0.2, 0.25) is 0 Å². The van der Waals surface area contributed by atoms with E-state index in [1.165, 1.54) is 24.6 Å². The molecule has 0 aliphatic carbocycles. The van der Waals surface area contributed by atoms with Crippen molar-refractivity contribution in [1.29, 1.82) is 0 Å². The van der Waals surface area contributed by atoms with E-state index >= 15 is 0 Å². The summed E-state index contributed by atoms with van der Waals surface area (Å²) in [5, 5.41) is 14.4. The monoisotopic (exact) mass is 222 g/mol. The Morgan fingerprint density at radius 3 is 2.62 bits per heavy atom. The van der Waals surface area contributed by atoms with Crippen LogP contribution in [0, 0.1) is 0 Å². The number of anilines is 1. The highest BCUT2D eigenvalue weighted by atomic mass is 16.5. The summed E-state index contributed by atoms with van der Waals surface area (Å²) in [6.45, 7) is 0. The maximum Gasteiger partial charge on any atom is 0.371 e. The zero-order valence-electron chi connectivity index (χ0n) is 7.84. The van der Waals surface area contributed by atoms with Crippen molar-refractivity contribution >= 4 is 17.6 Å². The Morgan fingerprint density at radius 2 is 2.06 bits per heavy atom. The van der Waals surface area contributed by atoms with Gasteiger partial charge in [-0.25, -0.2) is 4.79 Å². The molecule has 2 heterocycles. The number of amides is 1. The first-order valence-electron chi connectivity index (χ1n) is 4.20. The molecular formula is C9H6N2O5. The van der Waals surface area contributed by atoms with Crippen LogP contribution in [0.1, 0.15) is 21.1 Å². The van der Waals surface area contributed by atoms with E-state index in [-0.39, 0.29) is 11.5 Å². The quantitative estimate of drug-likeness (QED) is 0.808. The number of nitrogens with zero attached hydrogens (tertiary/aromatic N) is 1. The normalized spacial score (nSPS) is 10.0. The van der Waals surface area contributed by atoms with Crippen molar-refractivity contribution < 1.29 is 23.6 Å². The van der Waals surface area contributed by atoms with Gasteiger partial charge >= 0.3 is 5.97 Å². The Bertz CT molecular complexity index is 514. The molecule has 0 atom stereocenters. The number of nitrogens with one attached hydrogen (secondary N) is 1. The lowest BCUT2D eigenvalue weighted by Gasteiger charge is -1.96. The van der Waals surface area contributed by atoms with Gasteiger partial charge in [-0.1, -0.05) is 5.16 Å². The van der Waals surface area contributed by atoms with Crippen LogP contribution in [0.25, 0.3) is 0 Å². The second kappa shape index (κ2) is 3.89. The molecule has 2 rings (SSSR count). The van der Waals surface area contributed by atoms with E-state index in [4.69, 9.17) is 9.52 Å². The van der Waals surface area contributed by atoms with Crippen LogP contribution in [-0.4, -0.2) is 22.1 Å². The molecule has 0 aliphatic heterocycles. The largest absolute Gasteiger partial charge is 0.475 e. The number of carbonyl (C=O) groups is 2. The summed E-state index contributed by atoms with van der Waals surface area (Å²) in [5.41, 5.74) is 0.360. The van der Waals surface area contributed by atoms with Crippen molar-refractivity contribution in [3.63, 3.8) is 0 Å². The smallest absolute Gasteiger partial charge is 0.371 e. The molecule has 0 fully saturated rings. The predicted octanol–water partition coefficient (Wildman–Crippen LogP) is 1.22. The summed E-state index contributed by atoms with van der Waals surface area (Å²) in [6.07, 6.45) is 2.54. The Kier molecular flexibility index (Phi) is 2.42. The SMILES string of the molecule is O=C(O)c1ccc(C(=O)Nc2cnoc2)o1. The van der Waals surface area contributed by atoms with Crippen LogP contribution in [0.5, 0.6) is 0 Å². The minimum Gasteiger partial charge on any atom is -0.475 e. The van der Waals surface area contributed by atoms with Gasteiger partial charge in [-0.2, -0.15) is 0 Å². The van der Waals surface area contributed by atoms with Gasteiger partial charge in [0.15, 0.2) is 5.76 Å². The Labute approximate surface area is 88.6 Å². The molecule has 7 heteroatoms. The number of hydrogen-bond donors (Lipinski definition) is 2. The van der Waals surface area contributed by atoms with E-state index in [0.717, 1.165) is 0 Å². The summed E-state index contributed by atoms with van der Waals surface area (Å²) in [6, 6.07) is 2.47. The minimum atomic E-state index is -1.23. The second-order valence-corrected chi connectivity index (χ2v) is 2.84. The van der Waals surface area contributed by atoms with E-state index in [1.807, 2.05) is 0 Å². The zero-order chi connectivity index (χ0) is 11.5. The fraction of sp³-hybridized carbons (Fsp3) is 0. The third-order valence-corrected chi connectivity index (χ3v) is 1.73. The van der Waals surface area contributed by atoms with Gasteiger partial charge < -0.3 is 19.4 Å². The summed E-state index contributed by atoms with van der Waals surface area (Å²) < 4.78 is 9.30. The number of carbonyl (C=O) groups excluding carboxylic acids is 1. The van der Waals surface area contributed by atoms with Crippen molar-refractivity contribution in [3.8, 4) is 0 Å². The van der Waals surface area contributed by atoms with Crippen LogP contribution in [0.15, 0.2) is 33.5 Å². The lowest BCUT2D eigenvalue weighted by Crippen LogP contribution is -2.10. The highest BCUT2D eigenvalue weighted by Crippen LogP contribution is 2.11. The lowest BCUT2D eigenvalue weighted by atomic mass is 10.4. The first-order chi connectivity index (χ1) is 7.66. The fourth-order valence-electron chi connectivity index (χ4n) is 1.03. The highest BCUT2D eigenvalue weighted by molar-refractivity contribution is 6.02. The Morgan fingerprint density at radius 1 is 1.31 bits per heavy atom. The van der Waals surface area contributed by atoms with Crippen molar-refractivity contribution in [1.82, 2.24) is 5.16 Å². The first kappa shape index (κ1) is 9.97. The van der Waals surface area contributed by atoms with Gasteiger partial charge in [-0.15, -0.1) is 0 Å². The first-order valence-corrected chi connectivity index (χ1v) is 4.20. The highest BCUT2D eigenvalue weighted by Gasteiger charge is 2.15. The molecule has 0 aromatic carbocycles. The average molecular weight is 222 g/mol. The minimum absolute atomic E-state index is 0.0985. The summed E-state index contributed by atoms with van der Waals surface area (Å²) in [7, 11) is 0. The Hall–Kier alpha value is -2.57. The van der Waals surface area contributed by atoms with Crippen LogP contribution >= 0.6 is 0 Å². The molecule has 16 heavy (non-hydrogen) atoms. The van der Waals surface area contributed by atoms with Gasteiger partial charge in [-0.05, 0) is 12.1 Å². The van der Waals surface area contributed by atoms with Crippen LogP contribution in [0.4, 0.5) is 5.69 Å². The van der Waals surface area contributed by atoms with Crippen LogP contribution in [-0.2, 0) is 0 Å². The topological polar surface area (TPSA) is 106 Å². The zero-order valence-corrected chi connectivity index (χ0v) is 7.84. The molecule has 2 N–H and O–H groups in total. The number of aromatic nitrogens is 1. The molecular weight excluding hydrogens is 216 g/mol. The van der Waals surface area contributed by atoms with E-state index in [2.05, 4.69) is 15.0 Å². The molecule has 2 aromatic rings. The summed E-state index contributed by atoms with van der Waals surface area (Å²) in [5.74, 6) is -2.20. The standard InChI is InChI=1S/C9H6N2O5/c12-8(11-5-3-10-15-4-5)6-1-2-7(16-6)9(13)14/h1-4H,(H,11,12)(H,13,14). The lowest BCUT2D eigenvalue weighted by molar-refractivity contribution is 0.0660. The number of rotatable bonds is 3. The van der Waals surface area contributed by atoms with Gasteiger partial charge in [0.2, 0.25) is 5.76 Å². The molecule has 0 unspecified atom stereocenters. The average Bonchev–Trinajstić information content (AvgIpc) is 2.86. The van der Waals surface area contributed by atoms with Crippen molar-refractivity contribution in [2.45, 2.75) is 0 Å². The molecule has 1 amide bonds. The maximum absolute atomic E-state index is 11.5. The van der Waals surface area contributed by atoms with Crippen LogP contribution in [0.3, 0.4) is 0 Å². The third-order valence-electron chi connectivity index (χ3n) is 1.73. The number of carboxylic acids is 1. The van der Waals surface area contributed by atoms with Gasteiger partial charge in [0.25, 0.3) is 5.91 Å². The molecule has 0 saturated carbocycles. The summed E-state index contributed by atoms with van der Waals surface area (Å²) >= 11 is 0. The van der Waals surface area contributed by atoms with E-state index in [0.29, 0.717) is 5.69 Å². The van der Waals surface area contributed by atoms with Crippen molar-refractivity contribution in [2.24, 2.45) is 0 Å². The summed E-state index contributed by atoms with van der Waals surface area (Å²) in [4.78, 5) is 22.0.